The van der Waals surface area contributed by atoms with Crippen molar-refractivity contribution in [3.63, 3.8) is 0 Å². The number of rotatable bonds is 1. The molecule has 0 atom stereocenters. The molecule has 0 fully saturated rings. The lowest BCUT2D eigenvalue weighted by Gasteiger charge is -2.27. The Hall–Kier alpha value is -1.58. The molecule has 1 aromatic rings. The van der Waals surface area contributed by atoms with E-state index in [0.717, 1.165) is 11.1 Å². The van der Waals surface area contributed by atoms with Gasteiger partial charge in [0.2, 0.25) is 5.78 Å². The summed E-state index contributed by atoms with van der Waals surface area (Å²) in [6, 6.07) is 3.72. The first-order valence-electron chi connectivity index (χ1n) is 8.06. The summed E-state index contributed by atoms with van der Waals surface area (Å²) in [5.41, 5.74) is 2.32. The average molecular weight is 380 g/mol. The summed E-state index contributed by atoms with van der Waals surface area (Å²) < 4.78 is 0. The van der Waals surface area contributed by atoms with Gasteiger partial charge in [0.1, 0.15) is 5.75 Å². The van der Waals surface area contributed by atoms with Crippen molar-refractivity contribution >= 4 is 40.4 Å². The molecule has 0 unspecified atom stereocenters. The number of ketones is 1. The van der Waals surface area contributed by atoms with Crippen molar-refractivity contribution in [2.75, 3.05) is 0 Å². The summed E-state index contributed by atoms with van der Waals surface area (Å²) in [4.78, 5) is 16.2. The first-order chi connectivity index (χ1) is 11.3. The summed E-state index contributed by atoms with van der Waals surface area (Å²) >= 11 is 11.8. The maximum atomic E-state index is 11.7. The largest absolute Gasteiger partial charge is 0.507 e. The van der Waals surface area contributed by atoms with Gasteiger partial charge in [0.25, 0.3) is 0 Å². The Morgan fingerprint density at radius 3 is 1.64 bits per heavy atom. The molecule has 3 nitrogen and oxygen atoms in total. The van der Waals surface area contributed by atoms with Crippen molar-refractivity contribution in [2.45, 2.75) is 52.4 Å². The van der Waals surface area contributed by atoms with Crippen LogP contribution in [0.25, 0.3) is 0 Å². The lowest BCUT2D eigenvalue weighted by Crippen LogP contribution is -2.17. The fourth-order valence-corrected chi connectivity index (χ4v) is 3.06. The van der Waals surface area contributed by atoms with E-state index in [0.29, 0.717) is 17.1 Å². The van der Waals surface area contributed by atoms with Crippen LogP contribution in [0.2, 0.25) is 0 Å². The lowest BCUT2D eigenvalue weighted by atomic mass is 9.79. The number of nitrogens with zero attached hydrogens (tertiary/aromatic N) is 1. The van der Waals surface area contributed by atoms with Gasteiger partial charge in [-0.05, 0) is 35.1 Å². The van der Waals surface area contributed by atoms with Crippen molar-refractivity contribution in [1.82, 2.24) is 0 Å². The van der Waals surface area contributed by atoms with Gasteiger partial charge in [-0.2, -0.15) is 0 Å². The Labute approximate surface area is 159 Å². The minimum absolute atomic E-state index is 0.0390. The third-order valence-electron chi connectivity index (χ3n) is 3.95. The molecule has 25 heavy (non-hydrogen) atoms. The van der Waals surface area contributed by atoms with E-state index in [9.17, 15) is 9.90 Å². The molecule has 5 heteroatoms. The molecule has 0 radical (unpaired) electrons. The molecule has 0 aliphatic heterocycles. The number of benzene rings is 1. The molecule has 1 aliphatic rings. The molecule has 0 saturated heterocycles. The maximum absolute atomic E-state index is 11.7. The molecule has 134 valence electrons. The predicted octanol–water partition coefficient (Wildman–Crippen LogP) is 5.89. The normalized spacial score (nSPS) is 15.8. The van der Waals surface area contributed by atoms with Crippen LogP contribution in [0.4, 0.5) is 5.69 Å². The van der Waals surface area contributed by atoms with Gasteiger partial charge in [0, 0.05) is 11.1 Å². The second kappa shape index (κ2) is 6.62. The number of hydrogen-bond donors (Lipinski definition) is 1. The molecule has 0 aromatic heterocycles. The molecule has 0 bridgehead atoms. The minimum Gasteiger partial charge on any atom is -0.507 e. The molecule has 1 aliphatic carbocycles. The van der Waals surface area contributed by atoms with E-state index in [4.69, 9.17) is 23.2 Å². The molecule has 1 aromatic carbocycles. The van der Waals surface area contributed by atoms with Crippen LogP contribution < -0.4 is 0 Å². The molecular weight excluding hydrogens is 357 g/mol. The third kappa shape index (κ3) is 4.34. The zero-order chi connectivity index (χ0) is 19.2. The molecule has 1 N–H and O–H groups in total. The van der Waals surface area contributed by atoms with Crippen molar-refractivity contribution in [2.24, 2.45) is 4.99 Å². The third-order valence-corrected chi connectivity index (χ3v) is 4.51. The Morgan fingerprint density at radius 1 is 0.880 bits per heavy atom. The van der Waals surface area contributed by atoms with Gasteiger partial charge in [0.15, 0.2) is 0 Å². The number of halogens is 2. The Kier molecular flexibility index (Phi) is 5.23. The summed E-state index contributed by atoms with van der Waals surface area (Å²) in [5.74, 6) is -0.108. The van der Waals surface area contributed by atoms with Gasteiger partial charge in [0.05, 0.1) is 21.5 Å². The highest BCUT2D eigenvalue weighted by Gasteiger charge is 2.26. The second-order valence-corrected chi connectivity index (χ2v) is 9.05. The van der Waals surface area contributed by atoms with E-state index in [1.54, 1.807) is 0 Å². The van der Waals surface area contributed by atoms with Crippen LogP contribution in [-0.2, 0) is 15.6 Å². The van der Waals surface area contributed by atoms with Gasteiger partial charge >= 0.3 is 0 Å². The molecule has 0 amide bonds. The highest BCUT2D eigenvalue weighted by atomic mass is 35.5. The summed E-state index contributed by atoms with van der Waals surface area (Å²) in [6.07, 6.45) is 2.99. The number of hydrogen-bond acceptors (Lipinski definition) is 3. The number of carbonyl (C=O) groups excluding carboxylic acids is 1. The lowest BCUT2D eigenvalue weighted by molar-refractivity contribution is -0.111. The number of aromatic hydroxyl groups is 1. The zero-order valence-corrected chi connectivity index (χ0v) is 16.9. The first kappa shape index (κ1) is 19.7. The fourth-order valence-electron chi connectivity index (χ4n) is 2.59. The van der Waals surface area contributed by atoms with Crippen LogP contribution in [0, 0.1) is 0 Å². The molecule has 0 saturated carbocycles. The van der Waals surface area contributed by atoms with Crippen molar-refractivity contribution in [3.8, 4) is 5.75 Å². The number of aliphatic imine (C=N–C) groups is 1. The Morgan fingerprint density at radius 2 is 1.28 bits per heavy atom. The molecule has 0 spiro atoms. The van der Waals surface area contributed by atoms with Crippen molar-refractivity contribution in [3.05, 3.63) is 45.5 Å². The number of phenolic OH excluding ortho intramolecular Hbond substituents is 1. The van der Waals surface area contributed by atoms with Gasteiger partial charge < -0.3 is 5.11 Å². The van der Waals surface area contributed by atoms with E-state index >= 15 is 0 Å². The van der Waals surface area contributed by atoms with E-state index in [1.165, 1.54) is 12.2 Å². The van der Waals surface area contributed by atoms with Crippen LogP contribution in [0.5, 0.6) is 5.75 Å². The van der Waals surface area contributed by atoms with Crippen LogP contribution >= 0.6 is 23.2 Å². The van der Waals surface area contributed by atoms with Crippen LogP contribution in [0.15, 0.2) is 39.3 Å². The molecule has 0 heterocycles. The van der Waals surface area contributed by atoms with Crippen molar-refractivity contribution in [1.29, 1.82) is 0 Å². The Balaban J connectivity index is 2.67. The fraction of sp³-hybridized carbons (Fsp3) is 0.400. The number of carbonyl (C=O) groups is 1. The SMILES string of the molecule is CC(C)(C)c1cc(N=C2C=C(Cl)C(=O)C(Cl)=C2)cc(C(C)(C)C)c1O. The maximum Gasteiger partial charge on any atom is 0.215 e. The zero-order valence-electron chi connectivity index (χ0n) is 15.4. The van der Waals surface area contributed by atoms with E-state index < -0.39 is 5.78 Å². The predicted molar refractivity (Wildman–Crippen MR) is 105 cm³/mol. The van der Waals surface area contributed by atoms with Crippen molar-refractivity contribution < 1.29 is 9.90 Å². The number of Topliss-reactive ketones (excluding diaryl/α,β-unsaturated/α-hetero) is 1. The summed E-state index contributed by atoms with van der Waals surface area (Å²) in [7, 11) is 0. The second-order valence-electron chi connectivity index (χ2n) is 8.24. The van der Waals surface area contributed by atoms with Gasteiger partial charge in [-0.25, -0.2) is 4.99 Å². The highest BCUT2D eigenvalue weighted by molar-refractivity contribution is 6.57. The number of allylic oxidation sites excluding steroid dienone is 4. The average Bonchev–Trinajstić information content (AvgIpc) is 2.44. The van der Waals surface area contributed by atoms with E-state index in [2.05, 4.69) is 4.99 Å². The van der Waals surface area contributed by atoms with Crippen LogP contribution in [0.3, 0.4) is 0 Å². The van der Waals surface area contributed by atoms with E-state index in [1.807, 2.05) is 53.7 Å². The minimum atomic E-state index is -0.404. The topological polar surface area (TPSA) is 49.7 Å². The summed E-state index contributed by atoms with van der Waals surface area (Å²) in [6.45, 7) is 12.2. The smallest absolute Gasteiger partial charge is 0.215 e. The van der Waals surface area contributed by atoms with E-state index in [-0.39, 0.29) is 20.9 Å². The van der Waals surface area contributed by atoms with Crippen LogP contribution in [0.1, 0.15) is 52.7 Å². The first-order valence-corrected chi connectivity index (χ1v) is 8.82. The van der Waals surface area contributed by atoms with Gasteiger partial charge in [-0.3, -0.25) is 4.79 Å². The van der Waals surface area contributed by atoms with Gasteiger partial charge in [-0.15, -0.1) is 0 Å². The van der Waals surface area contributed by atoms with Gasteiger partial charge in [-0.1, -0.05) is 64.7 Å². The highest BCUT2D eigenvalue weighted by Crippen LogP contribution is 2.41. The summed E-state index contributed by atoms with van der Waals surface area (Å²) in [5, 5.41) is 10.8. The molecule has 2 rings (SSSR count). The Bertz CT molecular complexity index is 760. The molecular formula is C20H23Cl2NO2. The monoisotopic (exact) mass is 379 g/mol. The van der Waals surface area contributed by atoms with Crippen LogP contribution in [-0.4, -0.2) is 16.6 Å². The standard InChI is InChI=1S/C20H23Cl2NO2/c1-19(2,3)13-7-11(8-14(17(13)24)20(4,5)6)23-12-9-15(21)18(25)16(22)10-12/h7-10,24H,1-6H3. The number of phenols is 1. The quantitative estimate of drug-likeness (QED) is 0.618.